The second kappa shape index (κ2) is 7.80. The predicted octanol–water partition coefficient (Wildman–Crippen LogP) is 3.43. The fraction of sp³-hybridized carbons (Fsp3) is 0.250. The second-order valence-electron chi connectivity index (χ2n) is 6.42. The van der Waals surface area contributed by atoms with Crippen LogP contribution in [0.1, 0.15) is 22.3 Å². The van der Waals surface area contributed by atoms with Gasteiger partial charge in [-0.15, -0.1) is 0 Å². The SMILES string of the molecule is COC(=O)c1ccc(Cl)c(N2CC(C(=O)Nc3ccc(C)cc3)CC2=O)c1. The number of anilines is 2. The molecule has 7 heteroatoms. The Kier molecular flexibility index (Phi) is 5.46. The number of esters is 1. The number of benzene rings is 2. The van der Waals surface area contributed by atoms with Gasteiger partial charge in [0.05, 0.1) is 29.3 Å². The Balaban J connectivity index is 1.76. The van der Waals surface area contributed by atoms with Gasteiger partial charge in [0.1, 0.15) is 0 Å². The molecule has 0 radical (unpaired) electrons. The van der Waals surface area contributed by atoms with Crippen LogP contribution in [0.3, 0.4) is 0 Å². The number of amides is 2. The van der Waals surface area contributed by atoms with Crippen LogP contribution in [0.4, 0.5) is 11.4 Å². The molecular formula is C20H19ClN2O4. The molecule has 1 atom stereocenters. The lowest BCUT2D eigenvalue weighted by atomic mass is 10.1. The Hall–Kier alpha value is -2.86. The molecular weight excluding hydrogens is 368 g/mol. The summed E-state index contributed by atoms with van der Waals surface area (Å²) < 4.78 is 4.71. The molecule has 0 spiro atoms. The van der Waals surface area contributed by atoms with Crippen molar-refractivity contribution in [3.8, 4) is 0 Å². The molecule has 140 valence electrons. The van der Waals surface area contributed by atoms with Crippen molar-refractivity contribution in [2.75, 3.05) is 23.9 Å². The van der Waals surface area contributed by atoms with Crippen LogP contribution in [0.15, 0.2) is 42.5 Å². The van der Waals surface area contributed by atoms with Gasteiger partial charge < -0.3 is 15.0 Å². The molecule has 1 saturated heterocycles. The van der Waals surface area contributed by atoms with E-state index < -0.39 is 11.9 Å². The first-order valence-corrected chi connectivity index (χ1v) is 8.82. The smallest absolute Gasteiger partial charge is 0.337 e. The van der Waals surface area contributed by atoms with Gasteiger partial charge in [0.2, 0.25) is 11.8 Å². The molecule has 0 aliphatic carbocycles. The second-order valence-corrected chi connectivity index (χ2v) is 6.83. The Morgan fingerprint density at radius 2 is 1.89 bits per heavy atom. The first-order chi connectivity index (χ1) is 12.9. The van der Waals surface area contributed by atoms with Crippen LogP contribution in [-0.2, 0) is 14.3 Å². The van der Waals surface area contributed by atoms with Crippen molar-refractivity contribution in [2.45, 2.75) is 13.3 Å². The molecule has 1 fully saturated rings. The first-order valence-electron chi connectivity index (χ1n) is 8.45. The molecule has 2 aromatic rings. The van der Waals surface area contributed by atoms with Crippen molar-refractivity contribution < 1.29 is 19.1 Å². The predicted molar refractivity (Wildman–Crippen MR) is 103 cm³/mol. The van der Waals surface area contributed by atoms with E-state index in [2.05, 4.69) is 5.32 Å². The number of rotatable bonds is 4. The molecule has 2 amide bonds. The molecule has 3 rings (SSSR count). The molecule has 1 N–H and O–H groups in total. The highest BCUT2D eigenvalue weighted by Gasteiger charge is 2.36. The molecule has 2 aromatic carbocycles. The summed E-state index contributed by atoms with van der Waals surface area (Å²) in [6, 6.07) is 12.0. The summed E-state index contributed by atoms with van der Waals surface area (Å²) in [7, 11) is 1.28. The molecule has 0 aromatic heterocycles. The highest BCUT2D eigenvalue weighted by Crippen LogP contribution is 2.32. The quantitative estimate of drug-likeness (QED) is 0.817. The van der Waals surface area contributed by atoms with Crippen molar-refractivity contribution in [3.63, 3.8) is 0 Å². The largest absolute Gasteiger partial charge is 0.465 e. The van der Waals surface area contributed by atoms with Crippen LogP contribution in [0.2, 0.25) is 5.02 Å². The molecule has 0 saturated carbocycles. The number of methoxy groups -OCH3 is 1. The summed E-state index contributed by atoms with van der Waals surface area (Å²) in [5.41, 5.74) is 2.46. The third-order valence-corrected chi connectivity index (χ3v) is 4.79. The van der Waals surface area contributed by atoms with Gasteiger partial charge in [0.25, 0.3) is 0 Å². The maximum atomic E-state index is 12.5. The fourth-order valence-corrected chi connectivity index (χ4v) is 3.18. The van der Waals surface area contributed by atoms with Crippen molar-refractivity contribution in [2.24, 2.45) is 5.92 Å². The van der Waals surface area contributed by atoms with E-state index in [-0.39, 0.29) is 30.3 Å². The van der Waals surface area contributed by atoms with Crippen LogP contribution >= 0.6 is 11.6 Å². The lowest BCUT2D eigenvalue weighted by Crippen LogP contribution is -2.28. The Labute approximate surface area is 162 Å². The van der Waals surface area contributed by atoms with Crippen LogP contribution in [0.5, 0.6) is 0 Å². The number of nitrogens with zero attached hydrogens (tertiary/aromatic N) is 1. The van der Waals surface area contributed by atoms with E-state index in [0.29, 0.717) is 16.4 Å². The fourth-order valence-electron chi connectivity index (χ4n) is 2.96. The van der Waals surface area contributed by atoms with Gasteiger partial charge in [0.15, 0.2) is 0 Å². The third-order valence-electron chi connectivity index (χ3n) is 4.47. The molecule has 1 aliphatic heterocycles. The van der Waals surface area contributed by atoms with Crippen LogP contribution < -0.4 is 10.2 Å². The number of nitrogens with one attached hydrogen (secondary N) is 1. The molecule has 1 unspecified atom stereocenters. The van der Waals surface area contributed by atoms with E-state index in [0.717, 1.165) is 5.56 Å². The summed E-state index contributed by atoms with van der Waals surface area (Å²) >= 11 is 6.21. The van der Waals surface area contributed by atoms with Gasteiger partial charge in [0, 0.05) is 18.7 Å². The van der Waals surface area contributed by atoms with Crippen molar-refractivity contribution in [1.29, 1.82) is 0 Å². The number of hydrogen-bond donors (Lipinski definition) is 1. The molecule has 27 heavy (non-hydrogen) atoms. The maximum absolute atomic E-state index is 12.5. The van der Waals surface area contributed by atoms with Gasteiger partial charge in [-0.2, -0.15) is 0 Å². The molecule has 0 bridgehead atoms. The van der Waals surface area contributed by atoms with Gasteiger partial charge in [-0.05, 0) is 37.3 Å². The number of halogens is 1. The Bertz CT molecular complexity index is 895. The molecule has 1 aliphatic rings. The van der Waals surface area contributed by atoms with E-state index >= 15 is 0 Å². The van der Waals surface area contributed by atoms with E-state index in [4.69, 9.17) is 16.3 Å². The van der Waals surface area contributed by atoms with Crippen molar-refractivity contribution in [3.05, 3.63) is 58.6 Å². The number of ether oxygens (including phenoxy) is 1. The molecule has 6 nitrogen and oxygen atoms in total. The average molecular weight is 387 g/mol. The van der Waals surface area contributed by atoms with E-state index in [9.17, 15) is 14.4 Å². The minimum Gasteiger partial charge on any atom is -0.465 e. The van der Waals surface area contributed by atoms with Crippen LogP contribution in [0.25, 0.3) is 0 Å². The van der Waals surface area contributed by atoms with Crippen LogP contribution in [0, 0.1) is 12.8 Å². The van der Waals surface area contributed by atoms with Gasteiger partial charge >= 0.3 is 5.97 Å². The number of carbonyl (C=O) groups is 3. The molecule has 1 heterocycles. The normalized spacial score (nSPS) is 16.3. The lowest BCUT2D eigenvalue weighted by molar-refractivity contribution is -0.122. The average Bonchev–Trinajstić information content (AvgIpc) is 3.05. The summed E-state index contributed by atoms with van der Waals surface area (Å²) in [4.78, 5) is 38.2. The summed E-state index contributed by atoms with van der Waals surface area (Å²) in [6.45, 7) is 2.16. The zero-order valence-corrected chi connectivity index (χ0v) is 15.7. The van der Waals surface area contributed by atoms with Gasteiger partial charge in [-0.3, -0.25) is 9.59 Å². The van der Waals surface area contributed by atoms with E-state index in [1.54, 1.807) is 0 Å². The number of hydrogen-bond acceptors (Lipinski definition) is 4. The van der Waals surface area contributed by atoms with E-state index in [1.807, 2.05) is 31.2 Å². The van der Waals surface area contributed by atoms with Crippen molar-refractivity contribution in [1.82, 2.24) is 0 Å². The highest BCUT2D eigenvalue weighted by atomic mass is 35.5. The highest BCUT2D eigenvalue weighted by molar-refractivity contribution is 6.34. The zero-order valence-electron chi connectivity index (χ0n) is 15.0. The van der Waals surface area contributed by atoms with Crippen LogP contribution in [-0.4, -0.2) is 31.4 Å². The lowest BCUT2D eigenvalue weighted by Gasteiger charge is -2.19. The first kappa shape index (κ1) is 18.9. The maximum Gasteiger partial charge on any atom is 0.337 e. The van der Waals surface area contributed by atoms with Crippen molar-refractivity contribution >= 4 is 40.8 Å². The van der Waals surface area contributed by atoms with E-state index in [1.165, 1.54) is 30.2 Å². The Morgan fingerprint density at radius 3 is 2.56 bits per heavy atom. The Morgan fingerprint density at radius 1 is 1.19 bits per heavy atom. The monoisotopic (exact) mass is 386 g/mol. The number of carbonyl (C=O) groups excluding carboxylic acids is 3. The zero-order chi connectivity index (χ0) is 19.6. The van der Waals surface area contributed by atoms with Gasteiger partial charge in [-0.1, -0.05) is 29.3 Å². The third kappa shape index (κ3) is 4.11. The topological polar surface area (TPSA) is 75.7 Å². The summed E-state index contributed by atoms with van der Waals surface area (Å²) in [5.74, 6) is -1.47. The number of aryl methyl sites for hydroxylation is 1. The standard InChI is InChI=1S/C20H19ClN2O4/c1-12-3-6-15(7-4-12)22-19(25)14-10-18(24)23(11-14)17-9-13(20(26)27-2)5-8-16(17)21/h3-9,14H,10-11H2,1-2H3,(H,22,25). The minimum atomic E-state index is -0.520. The summed E-state index contributed by atoms with van der Waals surface area (Å²) in [6.07, 6.45) is 0.0798. The minimum absolute atomic E-state index is 0.0798. The summed E-state index contributed by atoms with van der Waals surface area (Å²) in [5, 5.41) is 3.16. The van der Waals surface area contributed by atoms with Gasteiger partial charge in [-0.25, -0.2) is 4.79 Å².